The normalized spacial score (nSPS) is 16.8. The van der Waals surface area contributed by atoms with Crippen molar-refractivity contribution >= 4 is 23.4 Å². The van der Waals surface area contributed by atoms with Crippen LogP contribution in [0, 0.1) is 0 Å². The van der Waals surface area contributed by atoms with Crippen LogP contribution < -0.4 is 6.15 Å². The molecule has 5 nitrogen and oxygen atoms in total. The number of carboxylic acid groups (broad SMARTS) is 1. The van der Waals surface area contributed by atoms with E-state index in [9.17, 15) is 14.7 Å². The van der Waals surface area contributed by atoms with Crippen LogP contribution in [0.5, 0.6) is 0 Å². The Morgan fingerprint density at radius 2 is 1.78 bits per heavy atom. The van der Waals surface area contributed by atoms with E-state index in [1.54, 1.807) is 36.4 Å². The predicted molar refractivity (Wildman–Crippen MR) is 88.6 cm³/mol. The van der Waals surface area contributed by atoms with Crippen molar-refractivity contribution in [1.82, 2.24) is 10.7 Å². The Morgan fingerprint density at radius 3 is 2.43 bits per heavy atom. The Labute approximate surface area is 139 Å². The van der Waals surface area contributed by atoms with Crippen molar-refractivity contribution in [2.45, 2.75) is 31.7 Å². The van der Waals surface area contributed by atoms with E-state index in [0.717, 1.165) is 18.5 Å². The van der Waals surface area contributed by atoms with E-state index < -0.39 is 11.9 Å². The summed E-state index contributed by atoms with van der Waals surface area (Å²) in [6.07, 6.45) is 2.35. The number of benzene rings is 1. The second kappa shape index (κ2) is 6.98. The maximum atomic E-state index is 12.7. The van der Waals surface area contributed by atoms with Crippen molar-refractivity contribution in [2.75, 3.05) is 0 Å². The Kier molecular flexibility index (Phi) is 5.23. The molecule has 1 aromatic carbocycles. The van der Waals surface area contributed by atoms with Crippen molar-refractivity contribution in [3.05, 3.63) is 58.4 Å². The van der Waals surface area contributed by atoms with Crippen LogP contribution in [0.25, 0.3) is 0 Å². The minimum Gasteiger partial charge on any atom is -0.481 e. The second-order valence-electron chi connectivity index (χ2n) is 5.52. The lowest BCUT2D eigenvalue weighted by molar-refractivity contribution is -0.139. The molecule has 0 saturated carbocycles. The molecule has 1 aromatic heterocycles. The molecule has 0 aliphatic carbocycles. The third-order valence-corrected chi connectivity index (χ3v) is 4.39. The summed E-state index contributed by atoms with van der Waals surface area (Å²) in [7, 11) is 0. The zero-order chi connectivity index (χ0) is 15.7. The van der Waals surface area contributed by atoms with Crippen molar-refractivity contribution in [3.8, 4) is 0 Å². The number of ketones is 1. The molecule has 0 saturated heterocycles. The third-order valence-electron chi connectivity index (χ3n) is 4.13. The van der Waals surface area contributed by atoms with Gasteiger partial charge in [-0.3, -0.25) is 9.59 Å². The highest BCUT2D eigenvalue weighted by Gasteiger charge is 2.28. The van der Waals surface area contributed by atoms with Gasteiger partial charge in [0.1, 0.15) is 0 Å². The molecule has 2 aromatic rings. The molecule has 1 atom stereocenters. The van der Waals surface area contributed by atoms with Gasteiger partial charge in [-0.25, -0.2) is 0 Å². The first kappa shape index (κ1) is 17.2. The van der Waals surface area contributed by atoms with E-state index in [2.05, 4.69) is 0 Å². The molecule has 0 radical (unpaired) electrons. The van der Waals surface area contributed by atoms with Gasteiger partial charge in [0.05, 0.1) is 11.6 Å². The van der Waals surface area contributed by atoms with Gasteiger partial charge in [0.25, 0.3) is 0 Å². The molecule has 23 heavy (non-hydrogen) atoms. The smallest absolute Gasteiger partial charge is 0.312 e. The van der Waals surface area contributed by atoms with Gasteiger partial charge >= 0.3 is 5.97 Å². The van der Waals surface area contributed by atoms with Crippen LogP contribution in [-0.4, -0.2) is 21.4 Å². The molecule has 1 unspecified atom stereocenters. The fourth-order valence-electron chi connectivity index (χ4n) is 3.00. The van der Waals surface area contributed by atoms with Crippen molar-refractivity contribution in [1.29, 1.82) is 0 Å². The van der Waals surface area contributed by atoms with Gasteiger partial charge in [-0.2, -0.15) is 0 Å². The lowest BCUT2D eigenvalue weighted by atomic mass is 10.0. The van der Waals surface area contributed by atoms with E-state index >= 15 is 0 Å². The molecular formula is C17H19ClN2O3. The van der Waals surface area contributed by atoms with Crippen LogP contribution in [-0.2, 0) is 11.3 Å². The van der Waals surface area contributed by atoms with Gasteiger partial charge in [0.15, 0.2) is 0 Å². The number of carboxylic acids is 1. The van der Waals surface area contributed by atoms with Crippen LogP contribution >= 0.6 is 11.6 Å². The first-order valence-corrected chi connectivity index (χ1v) is 7.68. The van der Waals surface area contributed by atoms with Gasteiger partial charge < -0.3 is 15.8 Å². The summed E-state index contributed by atoms with van der Waals surface area (Å²) in [6, 6.07) is 10.2. The molecule has 0 amide bonds. The van der Waals surface area contributed by atoms with Crippen LogP contribution in [0.3, 0.4) is 0 Å². The van der Waals surface area contributed by atoms with Crippen LogP contribution in [0.4, 0.5) is 0 Å². The molecule has 2 heterocycles. The lowest BCUT2D eigenvalue weighted by Crippen LogP contribution is -2.16. The highest BCUT2D eigenvalue weighted by atomic mass is 35.5. The van der Waals surface area contributed by atoms with E-state index in [4.69, 9.17) is 11.6 Å². The molecular weight excluding hydrogens is 316 g/mol. The fourth-order valence-corrected chi connectivity index (χ4v) is 3.13. The number of hydrogen-bond acceptors (Lipinski definition) is 3. The molecule has 122 valence electrons. The monoisotopic (exact) mass is 334 g/mol. The Morgan fingerprint density at radius 1 is 1.09 bits per heavy atom. The average molecular weight is 335 g/mol. The number of fused-ring (bicyclic) bond motifs is 1. The highest BCUT2D eigenvalue weighted by Crippen LogP contribution is 2.29. The summed E-state index contributed by atoms with van der Waals surface area (Å²) in [5.74, 6) is -1.46. The zero-order valence-electron chi connectivity index (χ0n) is 12.7. The van der Waals surface area contributed by atoms with Crippen LogP contribution in [0.15, 0.2) is 36.4 Å². The Bertz CT molecular complexity index is 722. The van der Waals surface area contributed by atoms with E-state index in [1.165, 1.54) is 0 Å². The Balaban J connectivity index is 0.00000192. The standard InChI is InChI=1S/C17H16ClNO3.H3N/c18-12-6-4-11(5-7-12)16(20)15-9-8-14-13(17(21)22)3-1-2-10-19(14)15;/h4-9,13H,1-3,10H2,(H,21,22);1H3. The minimum atomic E-state index is -0.827. The number of nitrogens with zero attached hydrogens (tertiary/aromatic N) is 1. The first-order chi connectivity index (χ1) is 10.6. The molecule has 4 N–H and O–H groups in total. The van der Waals surface area contributed by atoms with Gasteiger partial charge in [-0.05, 0) is 49.2 Å². The molecule has 1 aliphatic rings. The minimum absolute atomic E-state index is 0. The van der Waals surface area contributed by atoms with E-state index in [1.807, 2.05) is 4.57 Å². The fraction of sp³-hybridized carbons (Fsp3) is 0.294. The number of carbonyl (C=O) groups is 2. The van der Waals surface area contributed by atoms with Gasteiger partial charge in [0, 0.05) is 22.8 Å². The number of halogens is 1. The highest BCUT2D eigenvalue weighted by molar-refractivity contribution is 6.30. The van der Waals surface area contributed by atoms with Crippen LogP contribution in [0.1, 0.15) is 46.9 Å². The summed E-state index contributed by atoms with van der Waals surface area (Å²) in [5, 5.41) is 9.97. The van der Waals surface area contributed by atoms with E-state index in [0.29, 0.717) is 29.2 Å². The second-order valence-corrected chi connectivity index (χ2v) is 5.95. The van der Waals surface area contributed by atoms with Crippen molar-refractivity contribution < 1.29 is 14.7 Å². The zero-order valence-corrected chi connectivity index (χ0v) is 13.4. The third kappa shape index (κ3) is 3.30. The summed E-state index contributed by atoms with van der Waals surface area (Å²) in [4.78, 5) is 24.1. The van der Waals surface area contributed by atoms with E-state index in [-0.39, 0.29) is 11.9 Å². The molecule has 0 fully saturated rings. The molecule has 3 rings (SSSR count). The SMILES string of the molecule is N.O=C(c1ccc(Cl)cc1)c1ccc2n1CCCCC2C(=O)O. The summed E-state index contributed by atoms with van der Waals surface area (Å²) >= 11 is 5.85. The maximum absolute atomic E-state index is 12.7. The predicted octanol–water partition coefficient (Wildman–Crippen LogP) is 3.89. The molecule has 6 heteroatoms. The molecule has 1 aliphatic heterocycles. The summed E-state index contributed by atoms with van der Waals surface area (Å²) in [5.41, 5.74) is 1.83. The summed E-state index contributed by atoms with van der Waals surface area (Å²) < 4.78 is 1.86. The van der Waals surface area contributed by atoms with Gasteiger partial charge in [-0.15, -0.1) is 0 Å². The quantitative estimate of drug-likeness (QED) is 0.832. The Hall–Kier alpha value is -2.11. The first-order valence-electron chi connectivity index (χ1n) is 7.30. The van der Waals surface area contributed by atoms with Crippen LogP contribution in [0.2, 0.25) is 5.02 Å². The van der Waals surface area contributed by atoms with Crippen molar-refractivity contribution in [2.24, 2.45) is 0 Å². The van der Waals surface area contributed by atoms with Gasteiger partial charge in [0.2, 0.25) is 5.78 Å². The largest absolute Gasteiger partial charge is 0.481 e. The molecule has 0 spiro atoms. The van der Waals surface area contributed by atoms with Crippen molar-refractivity contribution in [3.63, 3.8) is 0 Å². The number of aromatic nitrogens is 1. The topological polar surface area (TPSA) is 94.3 Å². The number of hydrogen-bond donors (Lipinski definition) is 2. The van der Waals surface area contributed by atoms with Gasteiger partial charge in [-0.1, -0.05) is 18.0 Å². The number of carbonyl (C=O) groups excluding carboxylic acids is 1. The maximum Gasteiger partial charge on any atom is 0.312 e. The number of aliphatic carboxylic acids is 1. The average Bonchev–Trinajstić information content (AvgIpc) is 2.79. The summed E-state index contributed by atoms with van der Waals surface area (Å²) in [6.45, 7) is 0.681. The lowest BCUT2D eigenvalue weighted by Gasteiger charge is -2.13. The number of rotatable bonds is 3. The molecule has 0 bridgehead atoms.